The zero-order valence-electron chi connectivity index (χ0n) is 12.5. The molecule has 2 aliphatic rings. The normalized spacial score (nSPS) is 25.8. The Labute approximate surface area is 121 Å². The smallest absolute Gasteiger partial charge is 0.256 e. The van der Waals surface area contributed by atoms with E-state index in [1.807, 2.05) is 12.1 Å². The van der Waals surface area contributed by atoms with Crippen LogP contribution in [0.3, 0.4) is 0 Å². The van der Waals surface area contributed by atoms with E-state index >= 15 is 0 Å². The number of para-hydroxylation sites is 1. The number of rotatable bonds is 1. The van der Waals surface area contributed by atoms with Gasteiger partial charge in [0.1, 0.15) is 0 Å². The third-order valence-electron chi connectivity index (χ3n) is 4.94. The molecule has 0 spiro atoms. The summed E-state index contributed by atoms with van der Waals surface area (Å²) in [6, 6.07) is 6.49. The summed E-state index contributed by atoms with van der Waals surface area (Å²) >= 11 is 0. The highest BCUT2D eigenvalue weighted by Crippen LogP contribution is 2.30. The zero-order chi connectivity index (χ0) is 14.1. The Hall–Kier alpha value is -1.51. The van der Waals surface area contributed by atoms with Crippen LogP contribution in [0.4, 0.5) is 5.69 Å². The van der Waals surface area contributed by atoms with Crippen molar-refractivity contribution in [1.29, 1.82) is 0 Å². The lowest BCUT2D eigenvalue weighted by molar-refractivity contribution is 0.0552. The Balaban J connectivity index is 1.91. The lowest BCUT2D eigenvalue weighted by atomic mass is 9.91. The number of hydrogen-bond acceptors (Lipinski definition) is 2. The minimum Gasteiger partial charge on any atom is -0.384 e. The number of hydrogen-bond donors (Lipinski definition) is 1. The van der Waals surface area contributed by atoms with E-state index in [9.17, 15) is 4.79 Å². The number of fused-ring (bicyclic) bond motifs is 1. The molecule has 2 aliphatic heterocycles. The van der Waals surface area contributed by atoms with Crippen molar-refractivity contribution in [3.63, 3.8) is 0 Å². The highest BCUT2D eigenvalue weighted by molar-refractivity contribution is 6.00. The van der Waals surface area contributed by atoms with Crippen LogP contribution in [0.15, 0.2) is 18.2 Å². The van der Waals surface area contributed by atoms with Gasteiger partial charge in [0.2, 0.25) is 0 Å². The fraction of sp³-hybridized carbons (Fsp3) is 0.588. The number of carbonyl (C=O) groups excluding carboxylic acids is 1. The fourth-order valence-corrected chi connectivity index (χ4v) is 3.46. The first-order chi connectivity index (χ1) is 9.68. The van der Waals surface area contributed by atoms with Crippen LogP contribution >= 0.6 is 0 Å². The monoisotopic (exact) mass is 272 g/mol. The quantitative estimate of drug-likeness (QED) is 0.850. The van der Waals surface area contributed by atoms with Crippen molar-refractivity contribution in [2.45, 2.75) is 45.6 Å². The maximum atomic E-state index is 12.9. The van der Waals surface area contributed by atoms with E-state index in [-0.39, 0.29) is 5.91 Å². The van der Waals surface area contributed by atoms with Crippen LogP contribution in [-0.4, -0.2) is 29.9 Å². The molecule has 0 saturated carbocycles. The van der Waals surface area contributed by atoms with Gasteiger partial charge in [-0.1, -0.05) is 19.1 Å². The molecule has 0 aliphatic carbocycles. The van der Waals surface area contributed by atoms with Crippen LogP contribution in [0.25, 0.3) is 0 Å². The van der Waals surface area contributed by atoms with Crippen molar-refractivity contribution in [3.05, 3.63) is 29.3 Å². The first-order valence-electron chi connectivity index (χ1n) is 7.85. The second-order valence-corrected chi connectivity index (χ2v) is 6.23. The number of piperidine rings is 1. The number of likely N-dealkylation sites (tertiary alicyclic amines) is 1. The Morgan fingerprint density at radius 1 is 1.30 bits per heavy atom. The van der Waals surface area contributed by atoms with Crippen LogP contribution in [0.2, 0.25) is 0 Å². The van der Waals surface area contributed by atoms with Crippen molar-refractivity contribution < 1.29 is 4.79 Å². The Morgan fingerprint density at radius 3 is 3.00 bits per heavy atom. The molecule has 1 N–H and O–H groups in total. The molecule has 0 aromatic heterocycles. The first kappa shape index (κ1) is 13.5. The molecule has 2 heterocycles. The third-order valence-corrected chi connectivity index (χ3v) is 4.94. The molecule has 108 valence electrons. The van der Waals surface area contributed by atoms with Crippen molar-refractivity contribution in [2.75, 3.05) is 18.4 Å². The summed E-state index contributed by atoms with van der Waals surface area (Å²) in [5.74, 6) is 0.801. The van der Waals surface area contributed by atoms with Gasteiger partial charge in [-0.05, 0) is 50.2 Å². The molecule has 1 saturated heterocycles. The van der Waals surface area contributed by atoms with E-state index in [1.54, 1.807) is 0 Å². The van der Waals surface area contributed by atoms with Gasteiger partial charge in [-0.25, -0.2) is 0 Å². The van der Waals surface area contributed by atoms with Crippen LogP contribution < -0.4 is 5.32 Å². The lowest BCUT2D eigenvalue weighted by Gasteiger charge is -2.38. The van der Waals surface area contributed by atoms with Gasteiger partial charge in [-0.3, -0.25) is 4.79 Å². The van der Waals surface area contributed by atoms with Crippen molar-refractivity contribution in [1.82, 2.24) is 4.90 Å². The van der Waals surface area contributed by atoms with Crippen molar-refractivity contribution in [3.8, 4) is 0 Å². The van der Waals surface area contributed by atoms with E-state index in [0.717, 1.165) is 43.6 Å². The number of benzene rings is 1. The van der Waals surface area contributed by atoms with Crippen molar-refractivity contribution >= 4 is 11.6 Å². The molecule has 2 unspecified atom stereocenters. The second-order valence-electron chi connectivity index (χ2n) is 6.23. The predicted octanol–water partition coefficient (Wildman–Crippen LogP) is 3.31. The molecule has 1 amide bonds. The number of nitrogens with zero attached hydrogens (tertiary/aromatic N) is 1. The number of carbonyl (C=O) groups is 1. The molecule has 3 rings (SSSR count). The number of nitrogens with one attached hydrogen (secondary N) is 1. The first-order valence-corrected chi connectivity index (χ1v) is 7.85. The fourth-order valence-electron chi connectivity index (χ4n) is 3.46. The van der Waals surface area contributed by atoms with Gasteiger partial charge < -0.3 is 10.2 Å². The second kappa shape index (κ2) is 5.47. The van der Waals surface area contributed by atoms with Gasteiger partial charge in [-0.15, -0.1) is 0 Å². The number of amides is 1. The Morgan fingerprint density at radius 2 is 2.15 bits per heavy atom. The summed E-state index contributed by atoms with van der Waals surface area (Å²) in [7, 11) is 0. The zero-order valence-corrected chi connectivity index (χ0v) is 12.5. The summed E-state index contributed by atoms with van der Waals surface area (Å²) in [5.41, 5.74) is 3.23. The van der Waals surface area contributed by atoms with Gasteiger partial charge >= 0.3 is 0 Å². The van der Waals surface area contributed by atoms with Gasteiger partial charge in [-0.2, -0.15) is 0 Å². The molecule has 0 radical (unpaired) electrons. The van der Waals surface area contributed by atoms with Gasteiger partial charge in [0.15, 0.2) is 0 Å². The van der Waals surface area contributed by atoms with Gasteiger partial charge in [0, 0.05) is 19.1 Å². The van der Waals surface area contributed by atoms with Crippen molar-refractivity contribution in [2.24, 2.45) is 5.92 Å². The average molecular weight is 272 g/mol. The minimum atomic E-state index is 0.204. The minimum absolute atomic E-state index is 0.204. The van der Waals surface area contributed by atoms with Crippen LogP contribution in [-0.2, 0) is 6.42 Å². The summed E-state index contributed by atoms with van der Waals surface area (Å²) in [6.07, 6.45) is 4.59. The van der Waals surface area contributed by atoms with E-state index in [2.05, 4.69) is 30.1 Å². The van der Waals surface area contributed by atoms with Crippen LogP contribution in [0.5, 0.6) is 0 Å². The molecule has 0 bridgehead atoms. The highest BCUT2D eigenvalue weighted by Gasteiger charge is 2.30. The third kappa shape index (κ3) is 2.30. The molecule has 1 fully saturated rings. The molecular formula is C17H24N2O. The lowest BCUT2D eigenvalue weighted by Crippen LogP contribution is -2.46. The maximum absolute atomic E-state index is 12.9. The molecule has 1 aromatic carbocycles. The molecule has 2 atom stereocenters. The SMILES string of the molecule is CC1CCCN(C(=O)c2cccc3c2NCCC3)C1C. The number of aryl methyl sites for hydroxylation is 1. The van der Waals surface area contributed by atoms with E-state index < -0.39 is 0 Å². The summed E-state index contributed by atoms with van der Waals surface area (Å²) in [4.78, 5) is 15.0. The standard InChI is InChI=1S/C17H24N2O/c1-12-6-5-11-19(13(12)2)17(20)15-9-3-7-14-8-4-10-18-16(14)15/h3,7,9,12-13,18H,4-6,8,10-11H2,1-2H3. The molecule has 1 aromatic rings. The summed E-state index contributed by atoms with van der Waals surface area (Å²) in [5, 5.41) is 3.43. The largest absolute Gasteiger partial charge is 0.384 e. The summed E-state index contributed by atoms with van der Waals surface area (Å²) < 4.78 is 0. The van der Waals surface area contributed by atoms with E-state index in [0.29, 0.717) is 12.0 Å². The van der Waals surface area contributed by atoms with Crippen LogP contribution in [0.1, 0.15) is 49.0 Å². The summed E-state index contributed by atoms with van der Waals surface area (Å²) in [6.45, 7) is 6.31. The van der Waals surface area contributed by atoms with Crippen LogP contribution in [0, 0.1) is 5.92 Å². The highest BCUT2D eigenvalue weighted by atomic mass is 16.2. The Bertz CT molecular complexity index is 512. The molecule has 3 nitrogen and oxygen atoms in total. The van der Waals surface area contributed by atoms with Gasteiger partial charge in [0.25, 0.3) is 5.91 Å². The molecular weight excluding hydrogens is 248 g/mol. The van der Waals surface area contributed by atoms with E-state index in [1.165, 1.54) is 12.0 Å². The predicted molar refractivity (Wildman–Crippen MR) is 82.1 cm³/mol. The number of anilines is 1. The Kier molecular flexibility index (Phi) is 3.68. The van der Waals surface area contributed by atoms with E-state index in [4.69, 9.17) is 0 Å². The average Bonchev–Trinajstić information content (AvgIpc) is 2.49. The maximum Gasteiger partial charge on any atom is 0.256 e. The molecule has 3 heteroatoms. The van der Waals surface area contributed by atoms with Gasteiger partial charge in [0.05, 0.1) is 11.3 Å². The molecule has 20 heavy (non-hydrogen) atoms. The topological polar surface area (TPSA) is 32.3 Å².